The molecule has 6 nitrogen and oxygen atoms in total. The van der Waals surface area contributed by atoms with Crippen LogP contribution >= 0.6 is 0 Å². The molecule has 0 aliphatic heterocycles. The molecular formula is C19H28N2O4. The standard InChI is InChI=1S/C19H28N2O4/c1-10-14-12(22)8-19(6,7)9-13(14)25-15(10)17(24)20-11(2)16(23)21-18(3,4)5/h11H,8-9H2,1-7H3,(H,20,24)(H,21,23)/t11-/m1/s1. The van der Waals surface area contributed by atoms with E-state index < -0.39 is 11.9 Å². The second kappa shape index (κ2) is 6.32. The average Bonchev–Trinajstić information content (AvgIpc) is 2.72. The van der Waals surface area contributed by atoms with Crippen molar-refractivity contribution in [2.45, 2.75) is 72.9 Å². The van der Waals surface area contributed by atoms with Crippen LogP contribution in [0.3, 0.4) is 0 Å². The summed E-state index contributed by atoms with van der Waals surface area (Å²) in [6, 6.07) is -0.708. The van der Waals surface area contributed by atoms with Gasteiger partial charge in [-0.2, -0.15) is 0 Å². The summed E-state index contributed by atoms with van der Waals surface area (Å²) in [5, 5.41) is 5.47. The van der Waals surface area contributed by atoms with Crippen molar-refractivity contribution in [1.82, 2.24) is 10.6 Å². The number of hydrogen-bond acceptors (Lipinski definition) is 4. The van der Waals surface area contributed by atoms with Gasteiger partial charge in [0, 0.05) is 23.9 Å². The summed E-state index contributed by atoms with van der Waals surface area (Å²) < 4.78 is 5.72. The molecule has 1 aliphatic rings. The third kappa shape index (κ3) is 4.30. The largest absolute Gasteiger partial charge is 0.455 e. The van der Waals surface area contributed by atoms with Crippen LogP contribution in [0.1, 0.15) is 80.2 Å². The zero-order chi connectivity index (χ0) is 19.2. The van der Waals surface area contributed by atoms with Crippen LogP contribution in [0.2, 0.25) is 0 Å². The Morgan fingerprint density at radius 1 is 1.20 bits per heavy atom. The Labute approximate surface area is 148 Å². The molecule has 0 saturated heterocycles. The molecule has 25 heavy (non-hydrogen) atoms. The Kier molecular flexibility index (Phi) is 4.86. The Morgan fingerprint density at radius 3 is 2.36 bits per heavy atom. The van der Waals surface area contributed by atoms with Gasteiger partial charge in [0.2, 0.25) is 5.91 Å². The lowest BCUT2D eigenvalue weighted by Gasteiger charge is -2.27. The van der Waals surface area contributed by atoms with Gasteiger partial charge in [0.05, 0.1) is 5.56 Å². The smallest absolute Gasteiger partial charge is 0.287 e. The zero-order valence-corrected chi connectivity index (χ0v) is 16.1. The fourth-order valence-electron chi connectivity index (χ4n) is 3.10. The SMILES string of the molecule is Cc1c(C(=O)N[C@H](C)C(=O)NC(C)(C)C)oc2c1C(=O)CC(C)(C)C2. The van der Waals surface area contributed by atoms with Gasteiger partial charge in [0.1, 0.15) is 11.8 Å². The maximum absolute atomic E-state index is 12.5. The highest BCUT2D eigenvalue weighted by Gasteiger charge is 2.37. The summed E-state index contributed by atoms with van der Waals surface area (Å²) in [6.45, 7) is 13.0. The van der Waals surface area contributed by atoms with Gasteiger partial charge in [0.15, 0.2) is 11.5 Å². The molecule has 0 fully saturated rings. The monoisotopic (exact) mass is 348 g/mol. The Morgan fingerprint density at radius 2 is 1.80 bits per heavy atom. The maximum Gasteiger partial charge on any atom is 0.287 e. The van der Waals surface area contributed by atoms with E-state index in [1.54, 1.807) is 13.8 Å². The van der Waals surface area contributed by atoms with E-state index in [1.165, 1.54) is 0 Å². The van der Waals surface area contributed by atoms with E-state index in [9.17, 15) is 14.4 Å². The molecule has 1 aliphatic carbocycles. The number of rotatable bonds is 3. The predicted octanol–water partition coefficient (Wildman–Crippen LogP) is 2.78. The van der Waals surface area contributed by atoms with E-state index in [0.29, 0.717) is 29.7 Å². The van der Waals surface area contributed by atoms with Crippen molar-refractivity contribution in [2.24, 2.45) is 5.41 Å². The first-order valence-corrected chi connectivity index (χ1v) is 8.59. The van der Waals surface area contributed by atoms with E-state index >= 15 is 0 Å². The van der Waals surface area contributed by atoms with Gasteiger partial charge in [-0.15, -0.1) is 0 Å². The molecule has 0 saturated carbocycles. The highest BCUT2D eigenvalue weighted by Crippen LogP contribution is 2.38. The number of Topliss-reactive ketones (excluding diaryl/α,β-unsaturated/α-hetero) is 1. The van der Waals surface area contributed by atoms with Crippen LogP contribution in [-0.2, 0) is 11.2 Å². The lowest BCUT2D eigenvalue weighted by molar-refractivity contribution is -0.124. The maximum atomic E-state index is 12.5. The van der Waals surface area contributed by atoms with Crippen LogP contribution in [0, 0.1) is 12.3 Å². The molecule has 138 valence electrons. The molecule has 1 heterocycles. The molecule has 0 radical (unpaired) electrons. The third-order valence-corrected chi connectivity index (χ3v) is 4.22. The van der Waals surface area contributed by atoms with Crippen molar-refractivity contribution in [2.75, 3.05) is 0 Å². The van der Waals surface area contributed by atoms with Gasteiger partial charge in [-0.25, -0.2) is 0 Å². The third-order valence-electron chi connectivity index (χ3n) is 4.22. The molecule has 0 spiro atoms. The molecule has 2 N–H and O–H groups in total. The fraction of sp³-hybridized carbons (Fsp3) is 0.632. The van der Waals surface area contributed by atoms with E-state index in [4.69, 9.17) is 4.42 Å². The molecule has 0 bridgehead atoms. The molecule has 6 heteroatoms. The first-order valence-electron chi connectivity index (χ1n) is 8.59. The summed E-state index contributed by atoms with van der Waals surface area (Å²) in [7, 11) is 0. The van der Waals surface area contributed by atoms with Crippen LogP contribution in [0.15, 0.2) is 4.42 Å². The van der Waals surface area contributed by atoms with Gasteiger partial charge in [0.25, 0.3) is 5.91 Å². The fourth-order valence-corrected chi connectivity index (χ4v) is 3.10. The first kappa shape index (κ1) is 19.2. The zero-order valence-electron chi connectivity index (χ0n) is 16.1. The number of carbonyl (C=O) groups is 3. The quantitative estimate of drug-likeness (QED) is 0.879. The van der Waals surface area contributed by atoms with Crippen molar-refractivity contribution in [3.05, 3.63) is 22.6 Å². The normalized spacial score (nSPS) is 17.6. The van der Waals surface area contributed by atoms with Crippen LogP contribution in [0.5, 0.6) is 0 Å². The molecular weight excluding hydrogens is 320 g/mol. The number of fused-ring (bicyclic) bond motifs is 1. The highest BCUT2D eigenvalue weighted by atomic mass is 16.4. The van der Waals surface area contributed by atoms with Crippen molar-refractivity contribution in [3.8, 4) is 0 Å². The predicted molar refractivity (Wildman–Crippen MR) is 94.7 cm³/mol. The van der Waals surface area contributed by atoms with Gasteiger partial charge < -0.3 is 15.1 Å². The number of ketones is 1. The minimum Gasteiger partial charge on any atom is -0.455 e. The summed E-state index contributed by atoms with van der Waals surface area (Å²) in [5.74, 6) is -0.0617. The van der Waals surface area contributed by atoms with Crippen molar-refractivity contribution in [3.63, 3.8) is 0 Å². The Balaban J connectivity index is 2.19. The molecule has 1 aromatic heterocycles. The van der Waals surface area contributed by atoms with E-state index in [1.807, 2.05) is 34.6 Å². The number of nitrogens with one attached hydrogen (secondary N) is 2. The van der Waals surface area contributed by atoms with E-state index in [-0.39, 0.29) is 28.4 Å². The lowest BCUT2D eigenvalue weighted by Crippen LogP contribution is -2.50. The molecule has 1 atom stereocenters. The van der Waals surface area contributed by atoms with Gasteiger partial charge >= 0.3 is 0 Å². The molecule has 0 unspecified atom stereocenters. The second-order valence-corrected chi connectivity index (χ2v) is 8.73. The van der Waals surface area contributed by atoms with E-state index in [0.717, 1.165) is 0 Å². The van der Waals surface area contributed by atoms with Crippen LogP contribution in [-0.4, -0.2) is 29.2 Å². The van der Waals surface area contributed by atoms with E-state index in [2.05, 4.69) is 10.6 Å². The van der Waals surface area contributed by atoms with Crippen molar-refractivity contribution < 1.29 is 18.8 Å². The number of furan rings is 1. The van der Waals surface area contributed by atoms with Crippen molar-refractivity contribution >= 4 is 17.6 Å². The van der Waals surface area contributed by atoms with Gasteiger partial charge in [-0.05, 0) is 40.0 Å². The van der Waals surface area contributed by atoms with Crippen LogP contribution in [0.25, 0.3) is 0 Å². The molecule has 1 aromatic rings. The van der Waals surface area contributed by atoms with Gasteiger partial charge in [-0.1, -0.05) is 13.8 Å². The average molecular weight is 348 g/mol. The Hall–Kier alpha value is -2.11. The summed E-state index contributed by atoms with van der Waals surface area (Å²) in [5.41, 5.74) is 0.517. The van der Waals surface area contributed by atoms with Crippen LogP contribution in [0.4, 0.5) is 0 Å². The summed E-state index contributed by atoms with van der Waals surface area (Å²) in [6.07, 6.45) is 1.05. The number of amides is 2. The molecule has 2 amide bonds. The molecule has 0 aromatic carbocycles. The lowest BCUT2D eigenvalue weighted by atomic mass is 9.76. The summed E-state index contributed by atoms with van der Waals surface area (Å²) >= 11 is 0. The molecule has 2 rings (SSSR count). The second-order valence-electron chi connectivity index (χ2n) is 8.73. The highest BCUT2D eigenvalue weighted by molar-refractivity contribution is 6.04. The first-order chi connectivity index (χ1) is 11.3. The number of hydrogen-bond donors (Lipinski definition) is 2. The minimum atomic E-state index is -0.708. The van der Waals surface area contributed by atoms with Crippen LogP contribution < -0.4 is 10.6 Å². The Bertz CT molecular complexity index is 723. The summed E-state index contributed by atoms with van der Waals surface area (Å²) in [4.78, 5) is 37.1. The van der Waals surface area contributed by atoms with Gasteiger partial charge in [-0.3, -0.25) is 14.4 Å². The topological polar surface area (TPSA) is 88.4 Å². The number of carbonyl (C=O) groups excluding carboxylic acids is 3. The minimum absolute atomic E-state index is 0.00470. The van der Waals surface area contributed by atoms with Crippen molar-refractivity contribution in [1.29, 1.82) is 0 Å².